The Morgan fingerprint density at radius 2 is 1.40 bits per heavy atom. The summed E-state index contributed by atoms with van der Waals surface area (Å²) in [5, 5.41) is 0. The lowest BCUT2D eigenvalue weighted by atomic mass is 10.3. The van der Waals surface area contributed by atoms with Crippen LogP contribution in [0.2, 0.25) is 0 Å². The Labute approximate surface area is 88.2 Å². The molecular weight excluding hydrogens is 324 g/mol. The number of allylic oxidation sites excluding steroid dienone is 1. The SMILES string of the molecule is FC(F)=C(F)CC(Br)CS(F)(F)(F)(F)F. The molecular formula is C5H5BrF8S. The maximum Gasteiger partial charge on any atom is 0.301 e. The van der Waals surface area contributed by atoms with Gasteiger partial charge >= 0.3 is 6.08 Å². The highest BCUT2D eigenvalue weighted by atomic mass is 79.9. The lowest BCUT2D eigenvalue weighted by Gasteiger charge is -2.41. The smallest absolute Gasteiger partial charge is 0.206 e. The highest BCUT2D eigenvalue weighted by molar-refractivity contribution is 9.09. The first-order valence-electron chi connectivity index (χ1n) is 3.27. The zero-order valence-corrected chi connectivity index (χ0v) is 9.20. The summed E-state index contributed by atoms with van der Waals surface area (Å²) in [6, 6.07) is 0. The zero-order valence-electron chi connectivity index (χ0n) is 6.80. The normalized spacial score (nSPS) is 19.0. The lowest BCUT2D eigenvalue weighted by molar-refractivity contribution is 0.354. The molecule has 0 aliphatic heterocycles. The molecule has 0 bridgehead atoms. The lowest BCUT2D eigenvalue weighted by Crippen LogP contribution is -2.19. The van der Waals surface area contributed by atoms with Crippen molar-refractivity contribution in [2.75, 3.05) is 5.75 Å². The average Bonchev–Trinajstić information content (AvgIpc) is 1.77. The van der Waals surface area contributed by atoms with Crippen LogP contribution in [0.5, 0.6) is 0 Å². The largest absolute Gasteiger partial charge is 0.301 e. The minimum atomic E-state index is -9.70. The van der Waals surface area contributed by atoms with E-state index in [9.17, 15) is 32.6 Å². The highest BCUT2D eigenvalue weighted by Gasteiger charge is 2.64. The fourth-order valence-corrected chi connectivity index (χ4v) is 3.26. The van der Waals surface area contributed by atoms with Crippen molar-refractivity contribution in [1.82, 2.24) is 0 Å². The molecule has 0 heterocycles. The Kier molecular flexibility index (Phi) is 3.51. The van der Waals surface area contributed by atoms with Gasteiger partial charge in [0.05, 0.1) is 0 Å². The van der Waals surface area contributed by atoms with E-state index < -0.39 is 39.1 Å². The third-order valence-corrected chi connectivity index (χ3v) is 3.21. The van der Waals surface area contributed by atoms with Crippen molar-refractivity contribution in [3.05, 3.63) is 11.9 Å². The van der Waals surface area contributed by atoms with Gasteiger partial charge in [0, 0.05) is 11.2 Å². The van der Waals surface area contributed by atoms with Gasteiger partial charge in [0.1, 0.15) is 5.75 Å². The van der Waals surface area contributed by atoms with E-state index in [0.29, 0.717) is 0 Å². The molecule has 0 aromatic heterocycles. The first kappa shape index (κ1) is 15.0. The zero-order chi connectivity index (χ0) is 12.6. The van der Waals surface area contributed by atoms with Gasteiger partial charge in [-0.2, -0.15) is 8.78 Å². The summed E-state index contributed by atoms with van der Waals surface area (Å²) >= 11 is 2.08. The monoisotopic (exact) mass is 328 g/mol. The van der Waals surface area contributed by atoms with Crippen LogP contribution < -0.4 is 0 Å². The van der Waals surface area contributed by atoms with E-state index in [1.807, 2.05) is 0 Å². The van der Waals surface area contributed by atoms with Crippen LogP contribution >= 0.6 is 26.2 Å². The maximum absolute atomic E-state index is 12.1. The Bertz CT molecular complexity index is 273. The van der Waals surface area contributed by atoms with E-state index in [2.05, 4.69) is 15.9 Å². The van der Waals surface area contributed by atoms with E-state index in [4.69, 9.17) is 0 Å². The molecule has 0 aromatic rings. The fourth-order valence-electron chi connectivity index (χ4n) is 0.672. The minimum Gasteiger partial charge on any atom is -0.206 e. The number of halogens is 9. The second kappa shape index (κ2) is 3.51. The van der Waals surface area contributed by atoms with Crippen molar-refractivity contribution in [2.45, 2.75) is 11.2 Å². The van der Waals surface area contributed by atoms with Crippen molar-refractivity contribution >= 4 is 26.2 Å². The second-order valence-corrected chi connectivity index (χ2v) is 6.65. The van der Waals surface area contributed by atoms with Crippen molar-refractivity contribution < 1.29 is 32.6 Å². The molecule has 10 heteroatoms. The molecule has 1 unspecified atom stereocenters. The average molecular weight is 329 g/mol. The van der Waals surface area contributed by atoms with E-state index in [1.54, 1.807) is 0 Å². The third kappa shape index (κ3) is 8.97. The molecule has 0 saturated heterocycles. The van der Waals surface area contributed by atoms with Crippen molar-refractivity contribution in [2.24, 2.45) is 0 Å². The van der Waals surface area contributed by atoms with Crippen LogP contribution in [0.4, 0.5) is 32.6 Å². The molecule has 0 radical (unpaired) electrons. The van der Waals surface area contributed by atoms with Crippen LogP contribution in [0.1, 0.15) is 6.42 Å². The summed E-state index contributed by atoms with van der Waals surface area (Å²) in [5.41, 5.74) is 0. The molecule has 1 atom stereocenters. The van der Waals surface area contributed by atoms with Crippen molar-refractivity contribution in [3.63, 3.8) is 0 Å². The maximum atomic E-state index is 12.1. The predicted molar refractivity (Wildman–Crippen MR) is 45.7 cm³/mol. The Morgan fingerprint density at radius 3 is 1.67 bits per heavy atom. The van der Waals surface area contributed by atoms with Gasteiger partial charge in [-0.15, -0.1) is 0 Å². The van der Waals surface area contributed by atoms with Gasteiger partial charge in [-0.25, -0.2) is 4.39 Å². The van der Waals surface area contributed by atoms with Gasteiger partial charge in [-0.05, 0) is 0 Å². The molecule has 0 nitrogen and oxygen atoms in total. The van der Waals surface area contributed by atoms with Gasteiger partial charge in [0.2, 0.25) is 0 Å². The van der Waals surface area contributed by atoms with E-state index >= 15 is 0 Å². The first-order chi connectivity index (χ1) is 6.20. The molecule has 0 aromatic carbocycles. The molecule has 0 aliphatic carbocycles. The predicted octanol–water partition coefficient (Wildman–Crippen LogP) is 5.52. The number of hydrogen-bond donors (Lipinski definition) is 0. The minimum absolute atomic E-state index is 1.44. The summed E-state index contributed by atoms with van der Waals surface area (Å²) in [6.07, 6.45) is -4.25. The van der Waals surface area contributed by atoms with Crippen LogP contribution in [0.3, 0.4) is 0 Å². The number of alkyl halides is 1. The molecule has 0 N–H and O–H groups in total. The Hall–Kier alpha value is 0.01000. The number of rotatable bonds is 4. The molecule has 15 heavy (non-hydrogen) atoms. The highest BCUT2D eigenvalue weighted by Crippen LogP contribution is 2.98. The summed E-state index contributed by atoms with van der Waals surface area (Å²) in [5.74, 6) is -4.76. The van der Waals surface area contributed by atoms with Gasteiger partial charge in [0.25, 0.3) is 10.2 Å². The molecule has 0 fully saturated rings. The molecule has 0 amide bonds. The summed E-state index contributed by atoms with van der Waals surface area (Å²) in [4.78, 5) is -2.12. The van der Waals surface area contributed by atoms with Crippen LogP contribution in [0.25, 0.3) is 0 Å². The summed E-state index contributed by atoms with van der Waals surface area (Å²) < 4.78 is 93.8. The van der Waals surface area contributed by atoms with Crippen molar-refractivity contribution in [1.29, 1.82) is 0 Å². The van der Waals surface area contributed by atoms with Gasteiger partial charge in [-0.3, -0.25) is 0 Å². The molecule has 0 saturated carbocycles. The van der Waals surface area contributed by atoms with E-state index in [-0.39, 0.29) is 0 Å². The van der Waals surface area contributed by atoms with Gasteiger partial charge < -0.3 is 0 Å². The van der Waals surface area contributed by atoms with Crippen molar-refractivity contribution in [3.8, 4) is 0 Å². The molecule has 94 valence electrons. The quantitative estimate of drug-likeness (QED) is 0.471. The summed E-state index contributed by atoms with van der Waals surface area (Å²) in [7, 11) is -9.70. The third-order valence-electron chi connectivity index (χ3n) is 1.10. The Morgan fingerprint density at radius 1 is 1.00 bits per heavy atom. The Balaban J connectivity index is 4.57. The standard InChI is InChI=1S/C5H5BrF8S/c6-3(1-4(7)5(8)9)2-15(10,11,12,13)14/h3H,1-2H2. The molecule has 0 aliphatic rings. The van der Waals surface area contributed by atoms with Crippen LogP contribution in [0.15, 0.2) is 11.9 Å². The summed E-state index contributed by atoms with van der Waals surface area (Å²) in [6.45, 7) is 0. The topological polar surface area (TPSA) is 0 Å². The second-order valence-electron chi connectivity index (χ2n) is 2.76. The number of hydrogen-bond acceptors (Lipinski definition) is 0. The van der Waals surface area contributed by atoms with Gasteiger partial charge in [0.15, 0.2) is 5.83 Å². The van der Waals surface area contributed by atoms with Crippen LogP contribution in [0, 0.1) is 0 Å². The van der Waals surface area contributed by atoms with Gasteiger partial charge in [-0.1, -0.05) is 35.4 Å². The molecule has 0 rings (SSSR count). The van der Waals surface area contributed by atoms with E-state index in [1.165, 1.54) is 0 Å². The van der Waals surface area contributed by atoms with Crippen LogP contribution in [-0.4, -0.2) is 10.6 Å². The fraction of sp³-hybridized carbons (Fsp3) is 0.600. The molecule has 0 spiro atoms. The van der Waals surface area contributed by atoms with Crippen LogP contribution in [-0.2, 0) is 0 Å². The first-order valence-corrected chi connectivity index (χ1v) is 6.30. The van der Waals surface area contributed by atoms with E-state index in [0.717, 1.165) is 0 Å².